The van der Waals surface area contributed by atoms with Gasteiger partial charge in [0, 0.05) is 30.2 Å². The lowest BCUT2D eigenvalue weighted by Crippen LogP contribution is -2.45. The van der Waals surface area contributed by atoms with Crippen LogP contribution in [-0.2, 0) is 12.1 Å². The zero-order valence-corrected chi connectivity index (χ0v) is 18.9. The molecule has 9 heteroatoms. The Hall–Kier alpha value is -3.36. The number of carbonyl (C=O) groups is 2. The average molecular weight is 469 g/mol. The minimum atomic E-state index is -1.02. The van der Waals surface area contributed by atoms with Crippen molar-refractivity contribution in [2.24, 2.45) is 0 Å². The third-order valence-corrected chi connectivity index (χ3v) is 6.21. The van der Waals surface area contributed by atoms with E-state index in [0.29, 0.717) is 36.7 Å². The van der Waals surface area contributed by atoms with E-state index in [2.05, 4.69) is 15.3 Å². The first-order valence-corrected chi connectivity index (χ1v) is 11.0. The molecule has 0 bridgehead atoms. The maximum absolute atomic E-state index is 13.1. The number of carbonyl (C=O) groups excluding carboxylic acids is 2. The molecule has 8 nitrogen and oxygen atoms in total. The number of ether oxygens (including phenoxy) is 1. The van der Waals surface area contributed by atoms with E-state index in [1.54, 1.807) is 36.3 Å². The van der Waals surface area contributed by atoms with Gasteiger partial charge in [0.15, 0.2) is 5.69 Å². The first-order valence-electron chi connectivity index (χ1n) is 10.6. The molecular formula is C24H25ClN4O4. The summed E-state index contributed by atoms with van der Waals surface area (Å²) in [5.41, 5.74) is 0.730. The van der Waals surface area contributed by atoms with E-state index in [-0.39, 0.29) is 23.8 Å². The van der Waals surface area contributed by atoms with Crippen molar-refractivity contribution in [3.05, 3.63) is 82.4 Å². The maximum Gasteiger partial charge on any atom is 0.272 e. The van der Waals surface area contributed by atoms with Crippen LogP contribution in [0.25, 0.3) is 0 Å². The van der Waals surface area contributed by atoms with E-state index in [9.17, 15) is 14.7 Å². The van der Waals surface area contributed by atoms with Gasteiger partial charge in [-0.25, -0.2) is 4.98 Å². The summed E-state index contributed by atoms with van der Waals surface area (Å²) < 4.78 is 5.30. The van der Waals surface area contributed by atoms with Crippen LogP contribution in [0.1, 0.15) is 44.9 Å². The number of halogens is 1. The Kier molecular flexibility index (Phi) is 6.67. The monoisotopic (exact) mass is 468 g/mol. The van der Waals surface area contributed by atoms with E-state index in [1.807, 2.05) is 24.3 Å². The summed E-state index contributed by atoms with van der Waals surface area (Å²) >= 11 is 5.95. The molecule has 3 N–H and O–H groups in total. The smallest absolute Gasteiger partial charge is 0.272 e. The molecule has 0 saturated carbocycles. The molecule has 0 unspecified atom stereocenters. The summed E-state index contributed by atoms with van der Waals surface area (Å²) in [6.07, 6.45) is 2.09. The van der Waals surface area contributed by atoms with Crippen LogP contribution in [0.15, 0.2) is 54.9 Å². The molecule has 33 heavy (non-hydrogen) atoms. The Morgan fingerprint density at radius 1 is 1.18 bits per heavy atom. The van der Waals surface area contributed by atoms with Gasteiger partial charge in [-0.3, -0.25) is 9.59 Å². The topological polar surface area (TPSA) is 108 Å². The van der Waals surface area contributed by atoms with Crippen LogP contribution in [0.2, 0.25) is 5.02 Å². The van der Waals surface area contributed by atoms with E-state index in [4.69, 9.17) is 16.3 Å². The summed E-state index contributed by atoms with van der Waals surface area (Å²) in [7, 11) is 1.57. The molecule has 2 aromatic carbocycles. The largest absolute Gasteiger partial charge is 0.496 e. The van der Waals surface area contributed by atoms with Gasteiger partial charge in [0.05, 0.1) is 19.0 Å². The number of aromatic nitrogens is 2. The van der Waals surface area contributed by atoms with Gasteiger partial charge in [-0.1, -0.05) is 41.9 Å². The van der Waals surface area contributed by atoms with E-state index >= 15 is 0 Å². The first-order chi connectivity index (χ1) is 15.9. The van der Waals surface area contributed by atoms with Crippen LogP contribution in [0.3, 0.4) is 0 Å². The van der Waals surface area contributed by atoms with Crippen molar-refractivity contribution in [3.63, 3.8) is 0 Å². The fourth-order valence-electron chi connectivity index (χ4n) is 4.02. The normalized spacial score (nSPS) is 15.2. The molecule has 1 aliphatic heterocycles. The van der Waals surface area contributed by atoms with Gasteiger partial charge >= 0.3 is 0 Å². The van der Waals surface area contributed by atoms with E-state index < -0.39 is 11.5 Å². The van der Waals surface area contributed by atoms with Gasteiger partial charge in [0.2, 0.25) is 0 Å². The van der Waals surface area contributed by atoms with Crippen LogP contribution >= 0.6 is 11.6 Å². The highest BCUT2D eigenvalue weighted by Crippen LogP contribution is 2.33. The fraction of sp³-hybridized carbons (Fsp3) is 0.292. The number of H-pyrrole nitrogens is 1. The predicted molar refractivity (Wildman–Crippen MR) is 123 cm³/mol. The molecule has 4 rings (SSSR count). The third kappa shape index (κ3) is 4.86. The van der Waals surface area contributed by atoms with Crippen molar-refractivity contribution in [2.45, 2.75) is 25.0 Å². The van der Waals surface area contributed by atoms with Crippen molar-refractivity contribution < 1.29 is 19.4 Å². The Balaban J connectivity index is 1.40. The number of piperidine rings is 1. The second kappa shape index (κ2) is 9.64. The Morgan fingerprint density at radius 3 is 2.58 bits per heavy atom. The van der Waals surface area contributed by atoms with Gasteiger partial charge in [0.1, 0.15) is 11.4 Å². The number of imidazole rings is 1. The molecule has 0 spiro atoms. The third-order valence-electron chi connectivity index (χ3n) is 5.96. The molecule has 1 saturated heterocycles. The van der Waals surface area contributed by atoms with Crippen LogP contribution in [0.4, 0.5) is 0 Å². The average Bonchev–Trinajstić information content (AvgIpc) is 3.33. The number of benzene rings is 2. The lowest BCUT2D eigenvalue weighted by Gasteiger charge is -2.38. The number of rotatable bonds is 6. The SMILES string of the molecule is COc1ccccc1CNC(=O)c1nc[nH]c1C(=O)N1CCC(O)(c2ccc(Cl)cc2)CC1. The maximum atomic E-state index is 13.1. The molecular weight excluding hydrogens is 444 g/mol. The highest BCUT2D eigenvalue weighted by atomic mass is 35.5. The molecule has 0 aliphatic carbocycles. The number of nitrogens with one attached hydrogen (secondary N) is 2. The number of hydrogen-bond donors (Lipinski definition) is 3. The van der Waals surface area contributed by atoms with E-state index in [1.165, 1.54) is 6.33 Å². The minimum absolute atomic E-state index is 0.0356. The Morgan fingerprint density at radius 2 is 1.88 bits per heavy atom. The Bertz CT molecular complexity index is 1140. The zero-order chi connectivity index (χ0) is 23.4. The predicted octanol–water partition coefficient (Wildman–Crippen LogP) is 3.13. The summed E-state index contributed by atoms with van der Waals surface area (Å²) in [5, 5.41) is 14.4. The van der Waals surface area contributed by atoms with Crippen LogP contribution in [-0.4, -0.2) is 52.0 Å². The van der Waals surface area contributed by atoms with Crippen LogP contribution in [0, 0.1) is 0 Å². The van der Waals surface area contributed by atoms with Crippen LogP contribution < -0.4 is 10.1 Å². The highest BCUT2D eigenvalue weighted by Gasteiger charge is 2.36. The van der Waals surface area contributed by atoms with Crippen molar-refractivity contribution in [1.82, 2.24) is 20.2 Å². The van der Waals surface area contributed by atoms with Crippen LogP contribution in [0.5, 0.6) is 5.75 Å². The van der Waals surface area contributed by atoms with E-state index in [0.717, 1.165) is 11.1 Å². The van der Waals surface area contributed by atoms with Crippen molar-refractivity contribution in [1.29, 1.82) is 0 Å². The number of aromatic amines is 1. The second-order valence-electron chi connectivity index (χ2n) is 7.95. The summed E-state index contributed by atoms with van der Waals surface area (Å²) in [6.45, 7) is 0.930. The lowest BCUT2D eigenvalue weighted by atomic mass is 9.84. The van der Waals surface area contributed by atoms with Gasteiger partial charge in [0.25, 0.3) is 11.8 Å². The Labute approximate surface area is 196 Å². The van der Waals surface area contributed by atoms with Crippen molar-refractivity contribution in [2.75, 3.05) is 20.2 Å². The number of likely N-dealkylation sites (tertiary alicyclic amines) is 1. The summed E-state index contributed by atoms with van der Waals surface area (Å²) in [4.78, 5) is 34.3. The second-order valence-corrected chi connectivity index (χ2v) is 8.39. The van der Waals surface area contributed by atoms with Crippen molar-refractivity contribution in [3.8, 4) is 5.75 Å². The number of aliphatic hydroxyl groups is 1. The van der Waals surface area contributed by atoms with Gasteiger partial charge in [-0.15, -0.1) is 0 Å². The molecule has 172 valence electrons. The van der Waals surface area contributed by atoms with Gasteiger partial charge < -0.3 is 25.0 Å². The molecule has 1 fully saturated rings. The first kappa shape index (κ1) is 22.8. The number of nitrogens with zero attached hydrogens (tertiary/aromatic N) is 2. The molecule has 2 heterocycles. The van der Waals surface area contributed by atoms with Crippen molar-refractivity contribution >= 4 is 23.4 Å². The fourth-order valence-corrected chi connectivity index (χ4v) is 4.15. The zero-order valence-electron chi connectivity index (χ0n) is 18.2. The van der Waals surface area contributed by atoms with Gasteiger partial charge in [-0.05, 0) is 36.6 Å². The quantitative estimate of drug-likeness (QED) is 0.515. The molecule has 0 radical (unpaired) electrons. The number of amides is 2. The highest BCUT2D eigenvalue weighted by molar-refractivity contribution is 6.30. The summed E-state index contributed by atoms with van der Waals surface area (Å²) in [6, 6.07) is 14.5. The summed E-state index contributed by atoms with van der Waals surface area (Å²) in [5.74, 6) is -0.120. The number of methoxy groups -OCH3 is 1. The molecule has 1 aromatic heterocycles. The molecule has 1 aliphatic rings. The lowest BCUT2D eigenvalue weighted by molar-refractivity contribution is -0.0213. The van der Waals surface area contributed by atoms with Gasteiger partial charge in [-0.2, -0.15) is 0 Å². The molecule has 2 amide bonds. The molecule has 0 atom stereocenters. The minimum Gasteiger partial charge on any atom is -0.496 e. The molecule has 3 aromatic rings. The standard InChI is InChI=1S/C24H25ClN4O4/c1-33-19-5-3-2-4-16(19)14-26-22(30)20-21(28-15-27-20)23(31)29-12-10-24(32,11-13-29)17-6-8-18(25)9-7-17/h2-9,15,32H,10-14H2,1H3,(H,26,30)(H,27,28). The number of para-hydroxylation sites is 1. The number of hydrogen-bond acceptors (Lipinski definition) is 5.